The van der Waals surface area contributed by atoms with Gasteiger partial charge in [-0.15, -0.1) is 0 Å². The van der Waals surface area contributed by atoms with Crippen LogP contribution in [0.25, 0.3) is 0 Å². The van der Waals surface area contributed by atoms with Crippen LogP contribution in [0.4, 0.5) is 0 Å². The van der Waals surface area contributed by atoms with Crippen LogP contribution in [0.1, 0.15) is 24.8 Å². The van der Waals surface area contributed by atoms with Crippen LogP contribution in [0.15, 0.2) is 24.3 Å². The average molecular weight is 263 g/mol. The minimum atomic E-state index is -0.0329. The first-order valence-corrected chi connectivity index (χ1v) is 6.80. The Labute approximate surface area is 114 Å². The van der Waals surface area contributed by atoms with Crippen LogP contribution in [0.5, 0.6) is 5.75 Å². The number of nitrogens with one attached hydrogen (secondary N) is 1. The molecule has 1 N–H and O–H groups in total. The molecule has 1 aliphatic carbocycles. The third kappa shape index (κ3) is 4.24. The molecule has 0 atom stereocenters. The summed E-state index contributed by atoms with van der Waals surface area (Å²) in [6.07, 6.45) is 3.15. The van der Waals surface area contributed by atoms with Crippen molar-refractivity contribution in [3.63, 3.8) is 0 Å². The highest BCUT2D eigenvalue weighted by atomic mass is 16.5. The Bertz CT molecular complexity index is 416. The number of ether oxygens (including phenoxy) is 2. The van der Waals surface area contributed by atoms with E-state index in [4.69, 9.17) is 9.47 Å². The number of hydrogen-bond donors (Lipinski definition) is 1. The number of esters is 1. The Morgan fingerprint density at radius 3 is 2.95 bits per heavy atom. The first-order valence-electron chi connectivity index (χ1n) is 6.80. The zero-order chi connectivity index (χ0) is 13.5. The Kier molecular flexibility index (Phi) is 5.21. The Balaban J connectivity index is 1.59. The van der Waals surface area contributed by atoms with Crippen molar-refractivity contribution in [3.8, 4) is 5.75 Å². The molecular formula is C15H21NO3. The highest BCUT2D eigenvalue weighted by molar-refractivity contribution is 5.73. The van der Waals surface area contributed by atoms with E-state index in [1.54, 1.807) is 7.11 Å². The summed E-state index contributed by atoms with van der Waals surface area (Å²) in [7, 11) is 1.66. The second-order valence-electron chi connectivity index (χ2n) is 4.82. The monoisotopic (exact) mass is 263 g/mol. The average Bonchev–Trinajstić information content (AvgIpc) is 2.36. The largest absolute Gasteiger partial charge is 0.497 e. The van der Waals surface area contributed by atoms with Crippen molar-refractivity contribution in [2.75, 3.05) is 20.3 Å². The van der Waals surface area contributed by atoms with Gasteiger partial charge in [0.1, 0.15) is 12.4 Å². The van der Waals surface area contributed by atoms with Gasteiger partial charge in [-0.25, -0.2) is 0 Å². The number of rotatable bonds is 7. The lowest BCUT2D eigenvalue weighted by atomic mass is 9.86. The zero-order valence-electron chi connectivity index (χ0n) is 11.4. The van der Waals surface area contributed by atoms with Gasteiger partial charge in [-0.1, -0.05) is 18.6 Å². The maximum atomic E-state index is 11.5. The van der Waals surface area contributed by atoms with Crippen LogP contribution in [0, 0.1) is 5.92 Å². The van der Waals surface area contributed by atoms with Gasteiger partial charge in [-0.2, -0.15) is 0 Å². The minimum absolute atomic E-state index is 0.0329. The third-order valence-corrected chi connectivity index (χ3v) is 3.42. The van der Waals surface area contributed by atoms with E-state index in [-0.39, 0.29) is 11.9 Å². The van der Waals surface area contributed by atoms with Gasteiger partial charge in [-0.05, 0) is 30.5 Å². The predicted octanol–water partition coefficient (Wildman–Crippen LogP) is 2.13. The number of carbonyl (C=O) groups excluding carboxylic acids is 1. The second kappa shape index (κ2) is 7.14. The van der Waals surface area contributed by atoms with Crippen LogP contribution in [-0.4, -0.2) is 26.2 Å². The molecule has 1 saturated carbocycles. The molecule has 0 heterocycles. The summed E-state index contributed by atoms with van der Waals surface area (Å²) in [6.45, 7) is 1.87. The van der Waals surface area contributed by atoms with Gasteiger partial charge in [0.15, 0.2) is 0 Å². The van der Waals surface area contributed by atoms with Gasteiger partial charge in [0.2, 0.25) is 0 Å². The molecular weight excluding hydrogens is 242 g/mol. The molecule has 0 aliphatic heterocycles. The summed E-state index contributed by atoms with van der Waals surface area (Å²) in [6, 6.07) is 7.92. The van der Waals surface area contributed by atoms with Crippen LogP contribution < -0.4 is 10.1 Å². The molecule has 1 aromatic carbocycles. The fourth-order valence-corrected chi connectivity index (χ4v) is 2.00. The molecule has 0 amide bonds. The molecule has 0 unspecified atom stereocenters. The number of carbonyl (C=O) groups is 1. The predicted molar refractivity (Wildman–Crippen MR) is 73.0 cm³/mol. The molecule has 19 heavy (non-hydrogen) atoms. The van der Waals surface area contributed by atoms with Crippen molar-refractivity contribution in [1.82, 2.24) is 5.32 Å². The summed E-state index contributed by atoms with van der Waals surface area (Å²) >= 11 is 0. The summed E-state index contributed by atoms with van der Waals surface area (Å²) < 4.78 is 10.4. The molecule has 0 spiro atoms. The molecule has 0 saturated heterocycles. The van der Waals surface area contributed by atoms with E-state index in [0.717, 1.165) is 37.1 Å². The zero-order valence-corrected chi connectivity index (χ0v) is 11.4. The number of methoxy groups -OCH3 is 1. The maximum absolute atomic E-state index is 11.5. The van der Waals surface area contributed by atoms with Crippen LogP contribution in [0.2, 0.25) is 0 Å². The molecule has 1 fully saturated rings. The number of benzene rings is 1. The van der Waals surface area contributed by atoms with Crippen molar-refractivity contribution in [2.45, 2.75) is 25.8 Å². The molecule has 4 nitrogen and oxygen atoms in total. The van der Waals surface area contributed by atoms with Gasteiger partial charge in [0, 0.05) is 13.1 Å². The standard InChI is InChI=1S/C15H21NO3/c1-18-14-7-2-4-12(10-14)11-16-8-9-19-15(17)13-5-3-6-13/h2,4,7,10,13,16H,3,5-6,8-9,11H2,1H3. The Hall–Kier alpha value is -1.55. The van der Waals surface area contributed by atoms with E-state index in [1.165, 1.54) is 0 Å². The summed E-state index contributed by atoms with van der Waals surface area (Å²) in [4.78, 5) is 11.5. The lowest BCUT2D eigenvalue weighted by Gasteiger charge is -2.23. The molecule has 4 heteroatoms. The first-order chi connectivity index (χ1) is 9.29. The van der Waals surface area contributed by atoms with Crippen molar-refractivity contribution in [2.24, 2.45) is 5.92 Å². The van der Waals surface area contributed by atoms with Crippen molar-refractivity contribution in [1.29, 1.82) is 0 Å². The molecule has 1 aliphatic rings. The normalized spacial score (nSPS) is 14.8. The van der Waals surface area contributed by atoms with E-state index in [9.17, 15) is 4.79 Å². The highest BCUT2D eigenvalue weighted by Crippen LogP contribution is 2.27. The van der Waals surface area contributed by atoms with Crippen LogP contribution >= 0.6 is 0 Å². The van der Waals surface area contributed by atoms with Gasteiger partial charge in [-0.3, -0.25) is 4.79 Å². The fraction of sp³-hybridized carbons (Fsp3) is 0.533. The fourth-order valence-electron chi connectivity index (χ4n) is 2.00. The second-order valence-corrected chi connectivity index (χ2v) is 4.82. The lowest BCUT2D eigenvalue weighted by molar-refractivity contribution is -0.151. The van der Waals surface area contributed by atoms with Crippen LogP contribution in [0.3, 0.4) is 0 Å². The number of hydrogen-bond acceptors (Lipinski definition) is 4. The topological polar surface area (TPSA) is 47.6 Å². The SMILES string of the molecule is COc1cccc(CNCCOC(=O)C2CCC2)c1. The maximum Gasteiger partial charge on any atom is 0.308 e. The van der Waals surface area contributed by atoms with Gasteiger partial charge >= 0.3 is 5.97 Å². The summed E-state index contributed by atoms with van der Waals surface area (Å²) in [5, 5.41) is 3.25. The molecule has 2 rings (SSSR count). The van der Waals surface area contributed by atoms with Crippen LogP contribution in [-0.2, 0) is 16.1 Å². The molecule has 0 bridgehead atoms. The van der Waals surface area contributed by atoms with E-state index in [2.05, 4.69) is 5.32 Å². The smallest absolute Gasteiger partial charge is 0.308 e. The first kappa shape index (κ1) is 13.9. The van der Waals surface area contributed by atoms with E-state index in [1.807, 2.05) is 24.3 Å². The Morgan fingerprint density at radius 1 is 1.42 bits per heavy atom. The third-order valence-electron chi connectivity index (χ3n) is 3.42. The van der Waals surface area contributed by atoms with Crippen molar-refractivity contribution < 1.29 is 14.3 Å². The minimum Gasteiger partial charge on any atom is -0.497 e. The van der Waals surface area contributed by atoms with E-state index in [0.29, 0.717) is 13.2 Å². The molecule has 1 aromatic rings. The quantitative estimate of drug-likeness (QED) is 0.605. The molecule has 0 aromatic heterocycles. The van der Waals surface area contributed by atoms with Crippen molar-refractivity contribution >= 4 is 5.97 Å². The van der Waals surface area contributed by atoms with Crippen molar-refractivity contribution in [3.05, 3.63) is 29.8 Å². The molecule has 104 valence electrons. The van der Waals surface area contributed by atoms with Gasteiger partial charge in [0.05, 0.1) is 13.0 Å². The Morgan fingerprint density at radius 2 is 2.26 bits per heavy atom. The highest BCUT2D eigenvalue weighted by Gasteiger charge is 2.26. The van der Waals surface area contributed by atoms with Gasteiger partial charge < -0.3 is 14.8 Å². The summed E-state index contributed by atoms with van der Waals surface area (Å²) in [5.74, 6) is 0.989. The van der Waals surface area contributed by atoms with E-state index >= 15 is 0 Å². The lowest BCUT2D eigenvalue weighted by Crippen LogP contribution is -2.27. The molecule has 0 radical (unpaired) electrons. The van der Waals surface area contributed by atoms with Gasteiger partial charge in [0.25, 0.3) is 0 Å². The van der Waals surface area contributed by atoms with E-state index < -0.39 is 0 Å². The summed E-state index contributed by atoms with van der Waals surface area (Å²) in [5.41, 5.74) is 1.16.